The zero-order valence-electron chi connectivity index (χ0n) is 41.6. The molecule has 1 unspecified atom stereocenters. The molecule has 0 amide bonds. The van der Waals surface area contributed by atoms with Crippen LogP contribution in [0.2, 0.25) is 0 Å². The molecule has 1 aliphatic carbocycles. The van der Waals surface area contributed by atoms with Crippen LogP contribution < -0.4 is 36.2 Å². The molecule has 10 nitrogen and oxygen atoms in total. The second kappa shape index (κ2) is 23.6. The van der Waals surface area contributed by atoms with Crippen molar-refractivity contribution in [3.05, 3.63) is 95.6 Å². The van der Waals surface area contributed by atoms with E-state index >= 15 is 0 Å². The van der Waals surface area contributed by atoms with E-state index in [0.717, 1.165) is 98.7 Å². The topological polar surface area (TPSA) is 149 Å². The van der Waals surface area contributed by atoms with Gasteiger partial charge in [0.15, 0.2) is 0 Å². The van der Waals surface area contributed by atoms with Gasteiger partial charge in [-0.2, -0.15) is 5.70 Å². The fourth-order valence-electron chi connectivity index (χ4n) is 10.5. The van der Waals surface area contributed by atoms with Crippen LogP contribution in [-0.2, 0) is 25.5 Å². The minimum absolute atomic E-state index is 0. The third kappa shape index (κ3) is 11.7. The third-order valence-corrected chi connectivity index (χ3v) is 14.6. The zero-order valence-corrected chi connectivity index (χ0v) is 43.0. The Morgan fingerprint density at radius 1 is 0.833 bits per heavy atom. The number of carbonyl (C=O) groups is 2. The number of fused-ring (bicyclic) bond motifs is 8. The summed E-state index contributed by atoms with van der Waals surface area (Å²) in [7, 11) is 1.32. The summed E-state index contributed by atoms with van der Waals surface area (Å²) in [5, 5.41) is 29.9. The number of hydrogen-bond acceptors (Lipinski definition) is 6. The molecule has 5 heterocycles. The van der Waals surface area contributed by atoms with Crippen molar-refractivity contribution in [2.75, 3.05) is 13.7 Å². The zero-order chi connectivity index (χ0) is 47.1. The summed E-state index contributed by atoms with van der Waals surface area (Å²) in [5.41, 5.74) is 9.21. The second-order valence-electron chi connectivity index (χ2n) is 19.6. The van der Waals surface area contributed by atoms with Crippen molar-refractivity contribution in [1.29, 1.82) is 0 Å². The molecule has 11 heteroatoms. The molecule has 3 aliphatic rings. The molecule has 6 atom stereocenters. The number of allylic oxidation sites excluding steroid dienone is 1. The smallest absolute Gasteiger partial charge is 0.681 e. The van der Waals surface area contributed by atoms with Gasteiger partial charge in [-0.05, 0) is 87.2 Å². The van der Waals surface area contributed by atoms with Crippen LogP contribution in [0.3, 0.4) is 0 Å². The minimum Gasteiger partial charge on any atom is -0.681 e. The van der Waals surface area contributed by atoms with E-state index in [1.807, 2.05) is 38.2 Å². The normalized spacial score (nSPS) is 21.5. The first-order valence-electron chi connectivity index (χ1n) is 24.4. The van der Waals surface area contributed by atoms with E-state index in [2.05, 4.69) is 55.0 Å². The van der Waals surface area contributed by atoms with Crippen molar-refractivity contribution in [2.24, 2.45) is 35.5 Å². The standard InChI is InChI=1S/C55H74N4O6.Mg/c1-12-39-34(7)42-27-44-36(9)41(23-24-48(61)65-26-25-38(30-60)22-16-21-33(6)20-15-19-32(5)18-14-17-31(3)4)52(58-44)50-51(55(63)64-11)54(62)49-37(10)45(59-53(49)50)29-47-40(13-2)35(8)43(57-47)28-46(39)56-42;/h12,27-33,36,41,51-52,60,62H,1,13-26H2,2-11H3;/q-4;+2/b38-30+,43-28-,44-27-,47-29-;/t32-,33-,36+,41+,51-,52?;/m1./s1. The monoisotopic (exact) mass is 911 g/mol. The van der Waals surface area contributed by atoms with Gasteiger partial charge in [0.2, 0.25) is 0 Å². The van der Waals surface area contributed by atoms with E-state index in [0.29, 0.717) is 40.6 Å². The average Bonchev–Trinajstić information content (AvgIpc) is 4.02. The fraction of sp³-hybridized carbons (Fsp3) is 0.564. The van der Waals surface area contributed by atoms with E-state index in [9.17, 15) is 19.8 Å². The molecule has 0 saturated carbocycles. The third-order valence-electron chi connectivity index (χ3n) is 14.6. The van der Waals surface area contributed by atoms with Gasteiger partial charge in [-0.3, -0.25) is 9.59 Å². The van der Waals surface area contributed by atoms with E-state index < -0.39 is 17.9 Å². The summed E-state index contributed by atoms with van der Waals surface area (Å²) in [5.74, 6) is -0.319. The molecule has 3 aromatic heterocycles. The first-order valence-corrected chi connectivity index (χ1v) is 24.4. The van der Waals surface area contributed by atoms with Crippen molar-refractivity contribution < 1.29 is 29.3 Å². The maximum Gasteiger partial charge on any atom is 2.00 e. The van der Waals surface area contributed by atoms with Gasteiger partial charge in [-0.25, -0.2) is 0 Å². The number of aromatic nitrogens is 3. The molecule has 1 saturated heterocycles. The van der Waals surface area contributed by atoms with Gasteiger partial charge in [0.05, 0.1) is 20.0 Å². The number of aliphatic hydroxyl groups is 2. The van der Waals surface area contributed by atoms with Gasteiger partial charge in [-0.1, -0.05) is 151 Å². The molecule has 0 aromatic carbocycles. The number of ether oxygens (including phenoxy) is 2. The van der Waals surface area contributed by atoms with E-state index in [4.69, 9.17) is 29.7 Å². The Morgan fingerprint density at radius 2 is 1.48 bits per heavy atom. The number of nitrogens with zero attached hydrogens (tertiary/aromatic N) is 4. The van der Waals surface area contributed by atoms with Gasteiger partial charge in [0, 0.05) is 18.1 Å². The van der Waals surface area contributed by atoms with Crippen LogP contribution in [0.25, 0.3) is 41.0 Å². The number of rotatable bonds is 21. The van der Waals surface area contributed by atoms with Crippen LogP contribution in [-0.4, -0.2) is 65.0 Å². The Balaban J connectivity index is 0.00000817. The maximum atomic E-state index is 13.6. The summed E-state index contributed by atoms with van der Waals surface area (Å²) in [4.78, 5) is 42.4. The molecule has 6 rings (SSSR count). The summed E-state index contributed by atoms with van der Waals surface area (Å²) in [6, 6.07) is -0.603. The van der Waals surface area contributed by atoms with Crippen molar-refractivity contribution in [3.63, 3.8) is 0 Å². The fourth-order valence-corrected chi connectivity index (χ4v) is 10.5. The van der Waals surface area contributed by atoms with Gasteiger partial charge < -0.3 is 40.0 Å². The summed E-state index contributed by atoms with van der Waals surface area (Å²) < 4.78 is 11.1. The van der Waals surface area contributed by atoms with Crippen LogP contribution in [0, 0.1) is 56.3 Å². The molecule has 66 heavy (non-hydrogen) atoms. The second-order valence-corrected chi connectivity index (χ2v) is 19.6. The predicted molar refractivity (Wildman–Crippen MR) is 267 cm³/mol. The molecule has 1 fully saturated rings. The summed E-state index contributed by atoms with van der Waals surface area (Å²) in [6.07, 6.45) is 21.4. The number of aliphatic hydroxyl groups excluding tert-OH is 2. The number of esters is 2. The molecule has 0 spiro atoms. The first kappa shape index (κ1) is 52.6. The van der Waals surface area contributed by atoms with Crippen LogP contribution in [0.5, 0.6) is 0 Å². The Morgan fingerprint density at radius 3 is 2.12 bits per heavy atom. The van der Waals surface area contributed by atoms with E-state index in [-0.39, 0.29) is 59.6 Å². The largest absolute Gasteiger partial charge is 2.00 e. The Bertz CT molecular complexity index is 2530. The average molecular weight is 912 g/mol. The number of carbonyl (C=O) groups excluding carboxylic acids is 2. The maximum absolute atomic E-state index is 13.6. The molecular weight excluding hydrogens is 837 g/mol. The molecule has 2 aliphatic heterocycles. The van der Waals surface area contributed by atoms with Crippen molar-refractivity contribution in [1.82, 2.24) is 15.0 Å². The number of methoxy groups -OCH3 is 1. The summed E-state index contributed by atoms with van der Waals surface area (Å²) >= 11 is 0. The van der Waals surface area contributed by atoms with Crippen LogP contribution in [0.15, 0.2) is 24.1 Å². The molecule has 8 bridgehead atoms. The number of hydrogen-bond donors (Lipinski definition) is 2. The van der Waals surface area contributed by atoms with E-state index in [1.54, 1.807) is 0 Å². The Labute approximate surface area is 409 Å². The van der Waals surface area contributed by atoms with Gasteiger partial charge >= 0.3 is 35.0 Å². The van der Waals surface area contributed by atoms with Crippen LogP contribution in [0.1, 0.15) is 163 Å². The molecule has 3 aromatic rings. The van der Waals surface area contributed by atoms with Gasteiger partial charge in [0.25, 0.3) is 0 Å². The van der Waals surface area contributed by atoms with Crippen molar-refractivity contribution in [3.8, 4) is 0 Å². The predicted octanol–water partition coefficient (Wildman–Crippen LogP) is 8.54. The molecular formula is C55H74MgN4O6-2. The Kier molecular flexibility index (Phi) is 18.8. The van der Waals surface area contributed by atoms with E-state index in [1.165, 1.54) is 51.9 Å². The first-order chi connectivity index (χ1) is 31.1. The molecule has 354 valence electrons. The summed E-state index contributed by atoms with van der Waals surface area (Å²) in [6.45, 7) is 23.8. The Hall–Kier alpha value is -4.35. The van der Waals surface area contributed by atoms with Crippen molar-refractivity contribution in [2.45, 2.75) is 152 Å². The van der Waals surface area contributed by atoms with Crippen molar-refractivity contribution >= 4 is 70.6 Å². The SMILES string of the molecule is C=Cc1c2[n-]c(c1C)/C=C1\[N-]C(C3=c4[n-]c(c(C)c4=C(O)[C@@H]3C(=O)OC)/C=c3\[n-]/c(c(C)c3CC)=C\2)[C@@H](CCC(=O)OCC/C(=C/O)CCC[C@H](C)CCC[C@H](C)CCCC(C)C)[C@@H]1C.[Mg+2]. The van der Waals surface area contributed by atoms with Crippen LogP contribution in [0.4, 0.5) is 0 Å². The van der Waals surface area contributed by atoms with Gasteiger partial charge in [-0.15, -0.1) is 33.1 Å². The molecule has 0 radical (unpaired) electrons. The minimum atomic E-state index is -1.09. The van der Waals surface area contributed by atoms with Crippen LogP contribution >= 0.6 is 0 Å². The van der Waals surface area contributed by atoms with Gasteiger partial charge in [0.1, 0.15) is 11.7 Å². The molecule has 2 N–H and O–H groups in total. The quantitative estimate of drug-likeness (QED) is 0.0609.